The van der Waals surface area contributed by atoms with Gasteiger partial charge in [-0.1, -0.05) is 80.6 Å². The van der Waals surface area contributed by atoms with E-state index in [1.54, 1.807) is 74.5 Å². The number of rotatable bonds is 13. The van der Waals surface area contributed by atoms with Crippen molar-refractivity contribution in [1.29, 1.82) is 0 Å². The third-order valence-electron chi connectivity index (χ3n) is 6.39. The number of aromatic nitrogens is 1. The number of ether oxygens (including phenoxy) is 1. The van der Waals surface area contributed by atoms with Crippen molar-refractivity contribution < 1.29 is 27.9 Å². The SMILES string of the molecule is CC(C)[C@H](NC(=O)OCc1ccccc1)C(=O)[C@](N)(CC(F)(F)C(=O)CCc1ccccc1)c1ccccn1. The fourth-order valence-electron chi connectivity index (χ4n) is 4.17. The number of alkyl carbamates (subject to hydrolysis) is 1. The second-order valence-electron chi connectivity index (χ2n) is 9.77. The number of amides is 1. The van der Waals surface area contributed by atoms with Gasteiger partial charge in [-0.15, -0.1) is 0 Å². The molecular weight excluding hydrogens is 504 g/mol. The molecule has 0 saturated heterocycles. The minimum atomic E-state index is -3.92. The molecule has 0 spiro atoms. The van der Waals surface area contributed by atoms with E-state index in [-0.39, 0.29) is 18.7 Å². The molecule has 1 amide bonds. The molecule has 0 unspecified atom stereocenters. The van der Waals surface area contributed by atoms with Crippen LogP contribution in [0.3, 0.4) is 0 Å². The maximum atomic E-state index is 15.4. The van der Waals surface area contributed by atoms with E-state index in [1.807, 2.05) is 6.07 Å². The standard InChI is InChI=1S/C30H33F2N3O4/c1-21(2)26(35-28(38)39-19-23-13-7-4-8-14-23)27(37)29(33,24-15-9-10-18-34-24)20-30(31,32)25(36)17-16-22-11-5-3-6-12-22/h3-15,18,21,26H,16-17,19-20,33H2,1-2H3,(H,35,38)/t26-,29-/m0/s1. The van der Waals surface area contributed by atoms with E-state index in [1.165, 1.54) is 18.3 Å². The van der Waals surface area contributed by atoms with Crippen LogP contribution in [0.25, 0.3) is 0 Å². The van der Waals surface area contributed by atoms with Crippen molar-refractivity contribution >= 4 is 17.7 Å². The van der Waals surface area contributed by atoms with Gasteiger partial charge in [0.1, 0.15) is 12.1 Å². The summed E-state index contributed by atoms with van der Waals surface area (Å²) >= 11 is 0. The summed E-state index contributed by atoms with van der Waals surface area (Å²) in [7, 11) is 0. The fourth-order valence-corrected chi connectivity index (χ4v) is 4.17. The number of alkyl halides is 2. The molecule has 206 valence electrons. The molecule has 0 aliphatic rings. The summed E-state index contributed by atoms with van der Waals surface area (Å²) < 4.78 is 36.0. The normalized spacial score (nSPS) is 13.8. The zero-order valence-electron chi connectivity index (χ0n) is 22.0. The van der Waals surface area contributed by atoms with Crippen LogP contribution in [0.2, 0.25) is 0 Å². The van der Waals surface area contributed by atoms with E-state index < -0.39 is 53.9 Å². The zero-order chi connectivity index (χ0) is 28.5. The number of hydrogen-bond donors (Lipinski definition) is 2. The predicted molar refractivity (Wildman–Crippen MR) is 143 cm³/mol. The van der Waals surface area contributed by atoms with Crippen LogP contribution < -0.4 is 11.1 Å². The number of carbonyl (C=O) groups is 3. The average molecular weight is 538 g/mol. The summed E-state index contributed by atoms with van der Waals surface area (Å²) in [4.78, 5) is 43.1. The van der Waals surface area contributed by atoms with Crippen molar-refractivity contribution in [2.75, 3.05) is 0 Å². The molecule has 0 aliphatic heterocycles. The minimum Gasteiger partial charge on any atom is -0.445 e. The average Bonchev–Trinajstić information content (AvgIpc) is 2.94. The number of nitrogens with two attached hydrogens (primary N) is 1. The van der Waals surface area contributed by atoms with Gasteiger partial charge >= 0.3 is 12.0 Å². The van der Waals surface area contributed by atoms with Crippen molar-refractivity contribution in [3.8, 4) is 0 Å². The molecule has 0 bridgehead atoms. The topological polar surface area (TPSA) is 111 Å². The highest BCUT2D eigenvalue weighted by Crippen LogP contribution is 2.35. The van der Waals surface area contributed by atoms with Crippen molar-refractivity contribution in [3.63, 3.8) is 0 Å². The van der Waals surface area contributed by atoms with Crippen molar-refractivity contribution in [2.24, 2.45) is 11.7 Å². The molecule has 0 fully saturated rings. The number of benzene rings is 2. The van der Waals surface area contributed by atoms with Crippen LogP contribution in [-0.4, -0.2) is 34.6 Å². The van der Waals surface area contributed by atoms with Crippen LogP contribution in [0.4, 0.5) is 13.6 Å². The van der Waals surface area contributed by atoms with Crippen LogP contribution in [0.15, 0.2) is 85.1 Å². The summed E-state index contributed by atoms with van der Waals surface area (Å²) in [6.07, 6.45) is -1.19. The highest BCUT2D eigenvalue weighted by molar-refractivity contribution is 5.97. The third kappa shape index (κ3) is 8.00. The number of carbonyl (C=O) groups excluding carboxylic acids is 3. The quantitative estimate of drug-likeness (QED) is 0.318. The number of nitrogens with one attached hydrogen (secondary N) is 1. The highest BCUT2D eigenvalue weighted by Gasteiger charge is 2.52. The van der Waals surface area contributed by atoms with Crippen LogP contribution in [0, 0.1) is 5.92 Å². The first-order chi connectivity index (χ1) is 18.5. The maximum Gasteiger partial charge on any atom is 0.408 e. The van der Waals surface area contributed by atoms with E-state index in [9.17, 15) is 14.4 Å². The summed E-state index contributed by atoms with van der Waals surface area (Å²) in [5, 5.41) is 2.48. The van der Waals surface area contributed by atoms with Crippen molar-refractivity contribution in [2.45, 2.75) is 57.2 Å². The second-order valence-corrected chi connectivity index (χ2v) is 9.77. The lowest BCUT2D eigenvalue weighted by Crippen LogP contribution is -2.59. The lowest BCUT2D eigenvalue weighted by Gasteiger charge is -2.35. The van der Waals surface area contributed by atoms with Gasteiger partial charge in [-0.3, -0.25) is 14.6 Å². The summed E-state index contributed by atoms with van der Waals surface area (Å²) in [5.41, 5.74) is 5.41. The lowest BCUT2D eigenvalue weighted by molar-refractivity contribution is -0.149. The van der Waals surface area contributed by atoms with Crippen LogP contribution in [0.1, 0.15) is 43.5 Å². The van der Waals surface area contributed by atoms with E-state index in [0.29, 0.717) is 0 Å². The number of halogens is 2. The van der Waals surface area contributed by atoms with Gasteiger partial charge in [0.15, 0.2) is 5.78 Å². The van der Waals surface area contributed by atoms with Gasteiger partial charge in [0.25, 0.3) is 0 Å². The van der Waals surface area contributed by atoms with Gasteiger partial charge in [0.2, 0.25) is 5.78 Å². The lowest BCUT2D eigenvalue weighted by atomic mass is 9.78. The van der Waals surface area contributed by atoms with E-state index >= 15 is 8.78 Å². The summed E-state index contributed by atoms with van der Waals surface area (Å²) in [5.74, 6) is -6.69. The Kier molecular flexibility index (Phi) is 10.0. The highest BCUT2D eigenvalue weighted by atomic mass is 19.3. The van der Waals surface area contributed by atoms with Gasteiger partial charge in [-0.05, 0) is 35.6 Å². The first kappa shape index (κ1) is 29.6. The molecule has 0 saturated carbocycles. The molecule has 39 heavy (non-hydrogen) atoms. The first-order valence-corrected chi connectivity index (χ1v) is 12.7. The Hall–Kier alpha value is -3.98. The third-order valence-corrected chi connectivity index (χ3v) is 6.39. The molecule has 2 aromatic carbocycles. The number of ketones is 2. The minimum absolute atomic E-state index is 0.0479. The molecule has 1 heterocycles. The van der Waals surface area contributed by atoms with Gasteiger partial charge in [0, 0.05) is 19.0 Å². The molecule has 3 N–H and O–H groups in total. The molecular formula is C30H33F2N3O4. The molecule has 9 heteroatoms. The second kappa shape index (κ2) is 13.2. The molecule has 1 aromatic heterocycles. The number of Topliss-reactive ketones (excluding diaryl/α,β-unsaturated/α-hetero) is 2. The maximum absolute atomic E-state index is 15.4. The van der Waals surface area contributed by atoms with E-state index in [0.717, 1.165) is 11.1 Å². The van der Waals surface area contributed by atoms with Gasteiger partial charge < -0.3 is 15.8 Å². The molecule has 2 atom stereocenters. The smallest absolute Gasteiger partial charge is 0.408 e. The van der Waals surface area contributed by atoms with Gasteiger partial charge in [-0.25, -0.2) is 4.79 Å². The largest absolute Gasteiger partial charge is 0.445 e. The Bertz CT molecular complexity index is 1240. The number of hydrogen-bond acceptors (Lipinski definition) is 6. The number of nitrogens with zero attached hydrogens (tertiary/aromatic N) is 1. The van der Waals surface area contributed by atoms with Crippen LogP contribution >= 0.6 is 0 Å². The van der Waals surface area contributed by atoms with Crippen molar-refractivity contribution in [1.82, 2.24) is 10.3 Å². The van der Waals surface area contributed by atoms with E-state index in [2.05, 4.69) is 10.3 Å². The molecule has 7 nitrogen and oxygen atoms in total. The summed E-state index contributed by atoms with van der Waals surface area (Å²) in [6, 6.07) is 20.8. The monoisotopic (exact) mass is 537 g/mol. The Morgan fingerprint density at radius 1 is 0.923 bits per heavy atom. The van der Waals surface area contributed by atoms with Crippen molar-refractivity contribution in [3.05, 3.63) is 102 Å². The molecule has 3 rings (SSSR count). The Morgan fingerprint density at radius 3 is 2.08 bits per heavy atom. The Balaban J connectivity index is 1.81. The van der Waals surface area contributed by atoms with Crippen LogP contribution in [0.5, 0.6) is 0 Å². The Morgan fingerprint density at radius 2 is 1.51 bits per heavy atom. The first-order valence-electron chi connectivity index (χ1n) is 12.7. The molecule has 3 aromatic rings. The number of pyridine rings is 1. The number of aryl methyl sites for hydroxylation is 1. The molecule has 0 aliphatic carbocycles. The summed E-state index contributed by atoms with van der Waals surface area (Å²) in [6.45, 7) is 3.23. The van der Waals surface area contributed by atoms with Gasteiger partial charge in [0.05, 0.1) is 11.7 Å². The zero-order valence-corrected chi connectivity index (χ0v) is 22.0. The fraction of sp³-hybridized carbons (Fsp3) is 0.333. The van der Waals surface area contributed by atoms with Gasteiger partial charge in [-0.2, -0.15) is 8.78 Å². The Labute approximate surface area is 226 Å². The van der Waals surface area contributed by atoms with E-state index in [4.69, 9.17) is 10.5 Å². The molecule has 0 radical (unpaired) electrons. The predicted octanol–water partition coefficient (Wildman–Crippen LogP) is 4.98. The van der Waals surface area contributed by atoms with Crippen LogP contribution in [-0.2, 0) is 32.9 Å².